The fraction of sp³-hybridized carbons (Fsp3) is 0.500. The molecule has 1 aliphatic rings. The van der Waals surface area contributed by atoms with Gasteiger partial charge in [0.05, 0.1) is 15.7 Å². The van der Waals surface area contributed by atoms with E-state index < -0.39 is 45.9 Å². The van der Waals surface area contributed by atoms with E-state index in [0.717, 1.165) is 6.42 Å². The van der Waals surface area contributed by atoms with Crippen molar-refractivity contribution in [1.82, 2.24) is 0 Å². The molecular formula is C14H15F3N2O4S2. The van der Waals surface area contributed by atoms with Crippen molar-refractivity contribution in [1.29, 1.82) is 0 Å². The van der Waals surface area contributed by atoms with Gasteiger partial charge in [-0.25, -0.2) is 16.8 Å². The molecule has 0 saturated heterocycles. The van der Waals surface area contributed by atoms with E-state index in [-0.39, 0.29) is 12.8 Å². The highest BCUT2D eigenvalue weighted by molar-refractivity contribution is 8.31. The predicted octanol–water partition coefficient (Wildman–Crippen LogP) is 2.81. The molecule has 0 aromatic heterocycles. The SMILES string of the molecule is [N-]=[N+]=C(S(=O)(=O)c1ccc(C(F)(F)F)cc1)S(=O)(=O)C1CCCCC1. The number of alkyl halides is 3. The van der Waals surface area contributed by atoms with Gasteiger partial charge in [0.2, 0.25) is 0 Å². The lowest BCUT2D eigenvalue weighted by Crippen LogP contribution is -2.35. The van der Waals surface area contributed by atoms with Gasteiger partial charge in [0, 0.05) is 0 Å². The van der Waals surface area contributed by atoms with E-state index in [9.17, 15) is 30.0 Å². The molecule has 2 rings (SSSR count). The number of hydrogen-bond donors (Lipinski definition) is 0. The van der Waals surface area contributed by atoms with Gasteiger partial charge < -0.3 is 5.53 Å². The Morgan fingerprint density at radius 2 is 1.52 bits per heavy atom. The van der Waals surface area contributed by atoms with E-state index in [1.807, 2.05) is 0 Å². The second-order valence-electron chi connectivity index (χ2n) is 5.70. The average Bonchev–Trinajstić information content (AvgIpc) is 2.55. The molecule has 0 spiro atoms. The van der Waals surface area contributed by atoms with Crippen molar-refractivity contribution in [2.45, 2.75) is 48.4 Å². The minimum absolute atomic E-state index is 0.240. The zero-order chi connectivity index (χ0) is 18.9. The molecule has 6 nitrogen and oxygen atoms in total. The van der Waals surface area contributed by atoms with E-state index in [4.69, 9.17) is 5.53 Å². The summed E-state index contributed by atoms with van der Waals surface area (Å²) in [6, 6.07) is 2.32. The highest BCUT2D eigenvalue weighted by Gasteiger charge is 2.47. The number of sulfone groups is 2. The molecule has 1 saturated carbocycles. The quantitative estimate of drug-likeness (QED) is 0.332. The maximum absolute atomic E-state index is 12.6. The van der Waals surface area contributed by atoms with Crippen LogP contribution in [0, 0.1) is 0 Å². The number of halogens is 3. The number of benzene rings is 1. The first-order chi connectivity index (χ1) is 11.5. The first kappa shape index (κ1) is 19.6. The van der Waals surface area contributed by atoms with Crippen molar-refractivity contribution in [2.75, 3.05) is 0 Å². The van der Waals surface area contributed by atoms with Crippen molar-refractivity contribution >= 4 is 24.1 Å². The number of hydrogen-bond acceptors (Lipinski definition) is 4. The standard InChI is InChI=1S/C14H15F3N2O4S2/c15-14(16,17)10-6-8-12(9-7-10)25(22,23)13(19-18)24(20,21)11-4-2-1-3-5-11/h6-9,11H,1-5H2. The van der Waals surface area contributed by atoms with Gasteiger partial charge in [-0.05, 0) is 37.1 Å². The highest BCUT2D eigenvalue weighted by Crippen LogP contribution is 2.31. The summed E-state index contributed by atoms with van der Waals surface area (Å²) in [6.07, 6.45) is -2.16. The Kier molecular flexibility index (Phi) is 5.41. The minimum Gasteiger partial charge on any atom is -0.359 e. The molecule has 1 aliphatic carbocycles. The van der Waals surface area contributed by atoms with Crippen molar-refractivity contribution in [3.8, 4) is 0 Å². The highest BCUT2D eigenvalue weighted by atomic mass is 32.3. The molecule has 11 heteroatoms. The van der Waals surface area contributed by atoms with Crippen LogP contribution in [0.4, 0.5) is 13.2 Å². The second kappa shape index (κ2) is 6.89. The summed E-state index contributed by atoms with van der Waals surface area (Å²) in [6.45, 7) is 0. The number of nitrogens with zero attached hydrogens (tertiary/aromatic N) is 2. The van der Waals surface area contributed by atoms with Crippen LogP contribution in [0.15, 0.2) is 29.2 Å². The van der Waals surface area contributed by atoms with Crippen molar-refractivity contribution < 1.29 is 34.8 Å². The van der Waals surface area contributed by atoms with E-state index in [0.29, 0.717) is 37.1 Å². The van der Waals surface area contributed by atoms with Crippen LogP contribution in [0.2, 0.25) is 0 Å². The molecule has 0 radical (unpaired) electrons. The van der Waals surface area contributed by atoms with Gasteiger partial charge in [-0.3, -0.25) is 0 Å². The van der Waals surface area contributed by atoms with Crippen molar-refractivity contribution in [3.63, 3.8) is 0 Å². The first-order valence-electron chi connectivity index (χ1n) is 7.39. The Hall–Kier alpha value is -1.71. The van der Waals surface area contributed by atoms with E-state index >= 15 is 0 Å². The fourth-order valence-corrected chi connectivity index (χ4v) is 6.78. The zero-order valence-corrected chi connectivity index (χ0v) is 14.5. The van der Waals surface area contributed by atoms with Crippen LogP contribution in [0.3, 0.4) is 0 Å². The van der Waals surface area contributed by atoms with Crippen LogP contribution in [0.25, 0.3) is 5.53 Å². The van der Waals surface area contributed by atoms with Crippen molar-refractivity contribution in [3.05, 3.63) is 35.4 Å². The lowest BCUT2D eigenvalue weighted by molar-refractivity contribution is -0.137. The van der Waals surface area contributed by atoms with Crippen molar-refractivity contribution in [2.24, 2.45) is 0 Å². The normalized spacial score (nSPS) is 17.1. The molecule has 0 aliphatic heterocycles. The molecule has 0 amide bonds. The van der Waals surface area contributed by atoms with Crippen LogP contribution in [-0.2, 0) is 25.9 Å². The van der Waals surface area contributed by atoms with Crippen LogP contribution < -0.4 is 0 Å². The molecule has 1 aromatic carbocycles. The summed E-state index contributed by atoms with van der Waals surface area (Å²) in [5.74, 6) is 0. The van der Waals surface area contributed by atoms with Gasteiger partial charge in [0.15, 0.2) is 0 Å². The van der Waals surface area contributed by atoms with Gasteiger partial charge in [-0.1, -0.05) is 19.3 Å². The molecule has 138 valence electrons. The van der Waals surface area contributed by atoms with E-state index in [1.165, 1.54) is 0 Å². The fourth-order valence-electron chi connectivity index (χ4n) is 2.71. The molecule has 0 unspecified atom stereocenters. The molecule has 1 fully saturated rings. The summed E-state index contributed by atoms with van der Waals surface area (Å²) in [7, 11) is -9.20. The minimum atomic E-state index is -4.78. The summed E-state index contributed by atoms with van der Waals surface area (Å²) in [5, 5.41) is -0.989. The Labute approximate surface area is 143 Å². The maximum Gasteiger partial charge on any atom is 0.499 e. The Morgan fingerprint density at radius 1 is 1.00 bits per heavy atom. The van der Waals surface area contributed by atoms with Crippen LogP contribution >= 0.6 is 0 Å². The Bertz CT molecular complexity index is 894. The Morgan fingerprint density at radius 3 is 1.96 bits per heavy atom. The van der Waals surface area contributed by atoms with Gasteiger partial charge in [0.1, 0.15) is 0 Å². The molecule has 0 bridgehead atoms. The third-order valence-corrected chi connectivity index (χ3v) is 8.74. The average molecular weight is 396 g/mol. The summed E-state index contributed by atoms with van der Waals surface area (Å²) in [4.78, 5) is 1.79. The lowest BCUT2D eigenvalue weighted by Gasteiger charge is -2.19. The molecule has 25 heavy (non-hydrogen) atoms. The smallest absolute Gasteiger partial charge is 0.359 e. The third kappa shape index (κ3) is 3.94. The van der Waals surface area contributed by atoms with Gasteiger partial charge in [-0.2, -0.15) is 13.2 Å². The van der Waals surface area contributed by atoms with Crippen LogP contribution in [0.1, 0.15) is 37.7 Å². The molecular weight excluding hydrogens is 381 g/mol. The number of rotatable bonds is 2. The monoisotopic (exact) mass is 396 g/mol. The lowest BCUT2D eigenvalue weighted by atomic mass is 10.0. The van der Waals surface area contributed by atoms with Crippen LogP contribution in [0.5, 0.6) is 0 Å². The zero-order valence-electron chi connectivity index (χ0n) is 12.9. The van der Waals surface area contributed by atoms with Crippen LogP contribution in [-0.4, -0.2) is 31.3 Å². The summed E-state index contributed by atoms with van der Waals surface area (Å²) in [5.41, 5.74) is 7.94. The second-order valence-corrected chi connectivity index (χ2v) is 9.96. The molecule has 0 atom stereocenters. The third-order valence-electron chi connectivity index (χ3n) is 4.04. The predicted molar refractivity (Wildman–Crippen MR) is 83.0 cm³/mol. The first-order valence-corrected chi connectivity index (χ1v) is 10.4. The molecule has 0 heterocycles. The summed E-state index contributed by atoms with van der Waals surface area (Å²) < 4.78 is 86.2. The summed E-state index contributed by atoms with van der Waals surface area (Å²) >= 11 is 0. The Balaban J connectivity index is 2.44. The van der Waals surface area contributed by atoms with Gasteiger partial charge >= 0.3 is 10.6 Å². The van der Waals surface area contributed by atoms with E-state index in [2.05, 4.69) is 4.79 Å². The van der Waals surface area contributed by atoms with Gasteiger partial charge in [-0.15, -0.1) is 4.79 Å². The van der Waals surface area contributed by atoms with E-state index in [1.54, 1.807) is 0 Å². The molecule has 1 aromatic rings. The largest absolute Gasteiger partial charge is 0.499 e. The van der Waals surface area contributed by atoms with Gasteiger partial charge in [0.25, 0.3) is 19.7 Å². The molecule has 0 N–H and O–H groups in total. The topological polar surface area (TPSA) is 105 Å². The maximum atomic E-state index is 12.6.